The Labute approximate surface area is 91.0 Å². The number of halogens is 1. The van der Waals surface area contributed by atoms with Crippen molar-refractivity contribution in [3.8, 4) is 0 Å². The topological polar surface area (TPSA) is 69.4 Å². The first-order valence-corrected chi connectivity index (χ1v) is 4.74. The third kappa shape index (κ3) is 1.80. The van der Waals surface area contributed by atoms with Gasteiger partial charge in [0.25, 0.3) is 5.91 Å². The van der Waals surface area contributed by atoms with E-state index in [9.17, 15) is 9.59 Å². The van der Waals surface area contributed by atoms with Crippen molar-refractivity contribution in [3.05, 3.63) is 34.3 Å². The summed E-state index contributed by atoms with van der Waals surface area (Å²) >= 11 is 5.74. The molecule has 15 heavy (non-hydrogen) atoms. The number of nitrogens with two attached hydrogens (primary N) is 1. The molecular weight excluding hydrogens is 218 g/mol. The fourth-order valence-electron chi connectivity index (χ4n) is 1.51. The van der Waals surface area contributed by atoms with Gasteiger partial charge in [0.15, 0.2) is 6.10 Å². The molecule has 5 heteroatoms. The molecule has 1 aliphatic heterocycles. The fourth-order valence-corrected chi connectivity index (χ4v) is 1.68. The average Bonchev–Trinajstić information content (AvgIpc) is 2.18. The molecule has 0 saturated carbocycles. The number of carbonyl (C=O) groups excluding carboxylic acids is 2. The Hall–Kier alpha value is -1.55. The van der Waals surface area contributed by atoms with Gasteiger partial charge in [-0.25, -0.2) is 4.79 Å². The highest BCUT2D eigenvalue weighted by molar-refractivity contribution is 6.31. The maximum absolute atomic E-state index is 11.5. The highest BCUT2D eigenvalue weighted by atomic mass is 35.5. The number of benzene rings is 1. The van der Waals surface area contributed by atoms with Crippen molar-refractivity contribution < 1.29 is 14.3 Å². The molecule has 0 unspecified atom stereocenters. The molecule has 1 aromatic carbocycles. The van der Waals surface area contributed by atoms with E-state index < -0.39 is 18.0 Å². The van der Waals surface area contributed by atoms with Crippen molar-refractivity contribution >= 4 is 23.5 Å². The molecule has 4 nitrogen and oxygen atoms in total. The van der Waals surface area contributed by atoms with Gasteiger partial charge in [-0.1, -0.05) is 17.7 Å². The minimum atomic E-state index is -0.869. The summed E-state index contributed by atoms with van der Waals surface area (Å²) < 4.78 is 4.86. The van der Waals surface area contributed by atoms with Gasteiger partial charge in [0.2, 0.25) is 0 Å². The van der Waals surface area contributed by atoms with Crippen LogP contribution in [0.25, 0.3) is 0 Å². The molecule has 1 amide bonds. The highest BCUT2D eigenvalue weighted by Crippen LogP contribution is 2.23. The van der Waals surface area contributed by atoms with E-state index in [4.69, 9.17) is 22.1 Å². The van der Waals surface area contributed by atoms with Crippen LogP contribution in [0.3, 0.4) is 0 Å². The van der Waals surface area contributed by atoms with Crippen LogP contribution >= 0.6 is 11.6 Å². The normalized spacial score (nSPS) is 19.3. The first kappa shape index (κ1) is 9.98. The quantitative estimate of drug-likeness (QED) is 0.723. The van der Waals surface area contributed by atoms with E-state index in [-0.39, 0.29) is 0 Å². The van der Waals surface area contributed by atoms with Gasteiger partial charge in [0, 0.05) is 11.4 Å². The molecule has 0 fully saturated rings. The number of cyclic esters (lactones) is 1. The summed E-state index contributed by atoms with van der Waals surface area (Å²) in [5.74, 6) is -1.19. The molecule has 0 spiro atoms. The Bertz CT molecular complexity index is 444. The van der Waals surface area contributed by atoms with Crippen molar-refractivity contribution in [2.75, 3.05) is 0 Å². The predicted molar refractivity (Wildman–Crippen MR) is 53.6 cm³/mol. The summed E-state index contributed by atoms with van der Waals surface area (Å²) in [6.07, 6.45) is -0.556. The second-order valence-corrected chi connectivity index (χ2v) is 3.74. The molecule has 0 aromatic heterocycles. The Morgan fingerprint density at radius 3 is 2.93 bits per heavy atom. The van der Waals surface area contributed by atoms with Crippen LogP contribution in [0.1, 0.15) is 15.9 Å². The molecule has 0 bridgehead atoms. The molecule has 1 atom stereocenters. The summed E-state index contributed by atoms with van der Waals surface area (Å²) in [5.41, 5.74) is 6.21. The SMILES string of the molecule is NC(=O)[C@H]1Cc2ccc(Cl)cc2C(=O)O1. The second kappa shape index (κ2) is 3.55. The molecule has 0 radical (unpaired) electrons. The molecule has 1 aromatic rings. The minimum absolute atomic E-state index is 0.313. The van der Waals surface area contributed by atoms with E-state index in [1.54, 1.807) is 12.1 Å². The van der Waals surface area contributed by atoms with E-state index in [1.807, 2.05) is 0 Å². The first-order valence-electron chi connectivity index (χ1n) is 4.36. The van der Waals surface area contributed by atoms with Gasteiger partial charge in [-0.15, -0.1) is 0 Å². The zero-order valence-electron chi connectivity index (χ0n) is 7.70. The number of rotatable bonds is 1. The zero-order valence-corrected chi connectivity index (χ0v) is 8.45. The molecule has 2 N–H and O–H groups in total. The van der Waals surface area contributed by atoms with Crippen LogP contribution in [0.4, 0.5) is 0 Å². The first-order chi connectivity index (χ1) is 7.08. The van der Waals surface area contributed by atoms with E-state index in [0.717, 1.165) is 5.56 Å². The maximum atomic E-state index is 11.5. The number of hydrogen-bond acceptors (Lipinski definition) is 3. The van der Waals surface area contributed by atoms with Gasteiger partial charge in [-0.05, 0) is 17.7 Å². The van der Waals surface area contributed by atoms with Gasteiger partial charge in [-0.2, -0.15) is 0 Å². The van der Waals surface area contributed by atoms with E-state index >= 15 is 0 Å². The zero-order chi connectivity index (χ0) is 11.0. The third-order valence-electron chi connectivity index (χ3n) is 2.26. The number of hydrogen-bond donors (Lipinski definition) is 1. The standard InChI is InChI=1S/C10H8ClNO3/c11-6-2-1-5-3-8(9(12)13)15-10(14)7(5)4-6/h1-2,4,8H,3H2,(H2,12,13)/t8-/m1/s1. The van der Waals surface area contributed by atoms with Gasteiger partial charge < -0.3 is 10.5 Å². The van der Waals surface area contributed by atoms with Crippen LogP contribution in [-0.4, -0.2) is 18.0 Å². The average molecular weight is 226 g/mol. The molecule has 1 heterocycles. The lowest BCUT2D eigenvalue weighted by Crippen LogP contribution is -2.38. The van der Waals surface area contributed by atoms with E-state index in [1.165, 1.54) is 6.07 Å². The van der Waals surface area contributed by atoms with Crippen molar-refractivity contribution in [3.63, 3.8) is 0 Å². The molecule has 0 saturated heterocycles. The smallest absolute Gasteiger partial charge is 0.339 e. The lowest BCUT2D eigenvalue weighted by atomic mass is 9.98. The summed E-state index contributed by atoms with van der Waals surface area (Å²) in [4.78, 5) is 22.4. The van der Waals surface area contributed by atoms with Crippen LogP contribution in [-0.2, 0) is 16.0 Å². The lowest BCUT2D eigenvalue weighted by Gasteiger charge is -2.22. The Morgan fingerprint density at radius 2 is 2.27 bits per heavy atom. The second-order valence-electron chi connectivity index (χ2n) is 3.30. The summed E-state index contributed by atoms with van der Waals surface area (Å²) in [6.45, 7) is 0. The number of amides is 1. The highest BCUT2D eigenvalue weighted by Gasteiger charge is 2.29. The monoisotopic (exact) mass is 225 g/mol. The van der Waals surface area contributed by atoms with Crippen molar-refractivity contribution in [1.29, 1.82) is 0 Å². The largest absolute Gasteiger partial charge is 0.448 e. The Morgan fingerprint density at radius 1 is 1.53 bits per heavy atom. The van der Waals surface area contributed by atoms with Crippen molar-refractivity contribution in [2.45, 2.75) is 12.5 Å². The van der Waals surface area contributed by atoms with Crippen LogP contribution in [0.5, 0.6) is 0 Å². The number of ether oxygens (including phenoxy) is 1. The molecular formula is C10H8ClNO3. The molecule has 2 rings (SSSR count). The number of fused-ring (bicyclic) bond motifs is 1. The van der Waals surface area contributed by atoms with Crippen LogP contribution in [0, 0.1) is 0 Å². The number of carbonyl (C=O) groups is 2. The maximum Gasteiger partial charge on any atom is 0.339 e. The van der Waals surface area contributed by atoms with Crippen LogP contribution in [0.15, 0.2) is 18.2 Å². The van der Waals surface area contributed by atoms with Gasteiger partial charge in [0.05, 0.1) is 5.56 Å². The lowest BCUT2D eigenvalue weighted by molar-refractivity contribution is -0.126. The number of esters is 1. The fraction of sp³-hybridized carbons (Fsp3) is 0.200. The Balaban J connectivity index is 2.41. The molecule has 1 aliphatic rings. The van der Waals surface area contributed by atoms with Crippen LogP contribution < -0.4 is 5.73 Å². The summed E-state index contributed by atoms with van der Waals surface area (Å²) in [6, 6.07) is 4.89. The van der Waals surface area contributed by atoms with E-state index in [2.05, 4.69) is 0 Å². The predicted octanol–water partition coefficient (Wildman–Crippen LogP) is 0.907. The summed E-state index contributed by atoms with van der Waals surface area (Å²) in [5, 5.41) is 0.461. The van der Waals surface area contributed by atoms with Gasteiger partial charge in [-0.3, -0.25) is 4.79 Å². The number of primary amides is 1. The third-order valence-corrected chi connectivity index (χ3v) is 2.50. The Kier molecular flexibility index (Phi) is 2.36. The van der Waals surface area contributed by atoms with Crippen molar-refractivity contribution in [1.82, 2.24) is 0 Å². The van der Waals surface area contributed by atoms with Crippen molar-refractivity contribution in [2.24, 2.45) is 5.73 Å². The van der Waals surface area contributed by atoms with Gasteiger partial charge in [0.1, 0.15) is 0 Å². The molecule has 0 aliphatic carbocycles. The van der Waals surface area contributed by atoms with Gasteiger partial charge >= 0.3 is 5.97 Å². The van der Waals surface area contributed by atoms with E-state index in [0.29, 0.717) is 17.0 Å². The summed E-state index contributed by atoms with van der Waals surface area (Å²) in [7, 11) is 0. The minimum Gasteiger partial charge on any atom is -0.448 e. The van der Waals surface area contributed by atoms with Crippen LogP contribution in [0.2, 0.25) is 5.02 Å². The molecule has 78 valence electrons.